The first-order valence-electron chi connectivity index (χ1n) is 4.27. The van der Waals surface area contributed by atoms with Gasteiger partial charge >= 0.3 is 0 Å². The maximum Gasteiger partial charge on any atom is 0.248 e. The van der Waals surface area contributed by atoms with Crippen LogP contribution >= 0.6 is 0 Å². The number of primary amides is 1. The summed E-state index contributed by atoms with van der Waals surface area (Å²) in [4.78, 5) is 10.6. The molecule has 0 saturated carbocycles. The van der Waals surface area contributed by atoms with Crippen LogP contribution in [0, 0.1) is 6.92 Å². The summed E-state index contributed by atoms with van der Waals surface area (Å²) in [5.74, 6) is -0.448. The summed E-state index contributed by atoms with van der Waals surface area (Å²) in [6, 6.07) is 5.02. The predicted molar refractivity (Wildman–Crippen MR) is 55.5 cm³/mol. The fraction of sp³-hybridized carbons (Fsp3) is 0.300. The lowest BCUT2D eigenvalue weighted by Crippen LogP contribution is -2.11. The summed E-state index contributed by atoms with van der Waals surface area (Å²) in [6.45, 7) is 5.88. The van der Waals surface area contributed by atoms with Gasteiger partial charge < -0.3 is 11.5 Å². The molecule has 0 atom stereocenters. The van der Waals surface area contributed by atoms with E-state index >= 15 is 0 Å². The van der Waals surface area contributed by atoms with Crippen molar-refractivity contribution in [3.8, 4) is 0 Å². The molecule has 0 aromatic heterocycles. The van der Waals surface area contributed by atoms with Crippen molar-refractivity contribution in [2.24, 2.45) is 5.73 Å². The van der Waals surface area contributed by atoms with Crippen LogP contribution in [0.15, 0.2) is 18.2 Å². The Labute approximate surface area is 78.7 Å². The Hall–Kier alpha value is -1.51. The van der Waals surface area contributed by atoms with Crippen molar-refractivity contribution in [2.45, 2.75) is 20.8 Å². The zero-order valence-corrected chi connectivity index (χ0v) is 8.29. The zero-order valence-electron chi connectivity index (χ0n) is 8.29. The third kappa shape index (κ3) is 3.15. The summed E-state index contributed by atoms with van der Waals surface area (Å²) in [6.07, 6.45) is 0. The SMILES string of the molecule is CC.Cc1ccc(C(N)=O)cc1N. The molecule has 13 heavy (non-hydrogen) atoms. The smallest absolute Gasteiger partial charge is 0.248 e. The van der Waals surface area contributed by atoms with Crippen LogP contribution in [0.4, 0.5) is 5.69 Å². The van der Waals surface area contributed by atoms with Crippen molar-refractivity contribution in [2.75, 3.05) is 5.73 Å². The number of amides is 1. The number of carbonyl (C=O) groups excluding carboxylic acids is 1. The van der Waals surface area contributed by atoms with Crippen LogP contribution in [-0.2, 0) is 0 Å². The molecule has 4 N–H and O–H groups in total. The molecule has 0 heterocycles. The maximum atomic E-state index is 10.6. The van der Waals surface area contributed by atoms with Crippen molar-refractivity contribution >= 4 is 11.6 Å². The highest BCUT2D eigenvalue weighted by molar-refractivity contribution is 5.93. The number of anilines is 1. The van der Waals surface area contributed by atoms with Gasteiger partial charge in [-0.2, -0.15) is 0 Å². The van der Waals surface area contributed by atoms with E-state index in [4.69, 9.17) is 11.5 Å². The lowest BCUT2D eigenvalue weighted by atomic mass is 10.1. The van der Waals surface area contributed by atoms with Gasteiger partial charge in [-0.25, -0.2) is 0 Å². The van der Waals surface area contributed by atoms with Gasteiger partial charge in [-0.3, -0.25) is 4.79 Å². The zero-order chi connectivity index (χ0) is 10.4. The van der Waals surface area contributed by atoms with Gasteiger partial charge in [0, 0.05) is 11.3 Å². The van der Waals surface area contributed by atoms with Crippen molar-refractivity contribution in [3.63, 3.8) is 0 Å². The van der Waals surface area contributed by atoms with Gasteiger partial charge in [0.1, 0.15) is 0 Å². The second-order valence-electron chi connectivity index (χ2n) is 2.44. The molecule has 0 radical (unpaired) electrons. The molecule has 1 amide bonds. The second-order valence-corrected chi connectivity index (χ2v) is 2.44. The quantitative estimate of drug-likeness (QED) is 0.646. The molecule has 0 aliphatic carbocycles. The van der Waals surface area contributed by atoms with E-state index in [1.807, 2.05) is 20.8 Å². The highest BCUT2D eigenvalue weighted by Crippen LogP contribution is 2.11. The summed E-state index contributed by atoms with van der Waals surface area (Å²) >= 11 is 0. The predicted octanol–water partition coefficient (Wildman–Crippen LogP) is 1.70. The third-order valence-corrected chi connectivity index (χ3v) is 1.56. The Balaban J connectivity index is 0.000000671. The van der Waals surface area contributed by atoms with Crippen LogP contribution in [0.5, 0.6) is 0 Å². The standard InChI is InChI=1S/C8H10N2O.C2H6/c1-5-2-3-6(8(10)11)4-7(5)9;1-2/h2-4H,9H2,1H3,(H2,10,11);1-2H3. The van der Waals surface area contributed by atoms with Crippen molar-refractivity contribution in [1.82, 2.24) is 0 Å². The number of hydrogen-bond donors (Lipinski definition) is 2. The number of nitrogen functional groups attached to an aromatic ring is 1. The largest absolute Gasteiger partial charge is 0.398 e. The van der Waals surface area contributed by atoms with Gasteiger partial charge in [0.15, 0.2) is 0 Å². The number of benzene rings is 1. The summed E-state index contributed by atoms with van der Waals surface area (Å²) in [7, 11) is 0. The lowest BCUT2D eigenvalue weighted by molar-refractivity contribution is 0.100. The Morgan fingerprint density at radius 1 is 1.31 bits per heavy atom. The monoisotopic (exact) mass is 180 g/mol. The first-order valence-corrected chi connectivity index (χ1v) is 4.27. The van der Waals surface area contributed by atoms with Crippen LogP contribution < -0.4 is 11.5 Å². The number of rotatable bonds is 1. The van der Waals surface area contributed by atoms with Crippen molar-refractivity contribution in [1.29, 1.82) is 0 Å². The molecular formula is C10H16N2O. The highest BCUT2D eigenvalue weighted by atomic mass is 16.1. The molecule has 3 heteroatoms. The van der Waals surface area contributed by atoms with E-state index in [1.165, 1.54) is 0 Å². The van der Waals surface area contributed by atoms with Crippen LogP contribution in [0.1, 0.15) is 29.8 Å². The van der Waals surface area contributed by atoms with Gasteiger partial charge in [0.25, 0.3) is 0 Å². The normalized spacial score (nSPS) is 8.54. The number of aryl methyl sites for hydroxylation is 1. The van der Waals surface area contributed by atoms with Crippen LogP contribution in [0.2, 0.25) is 0 Å². The third-order valence-electron chi connectivity index (χ3n) is 1.56. The van der Waals surface area contributed by atoms with Gasteiger partial charge in [-0.05, 0) is 24.6 Å². The Morgan fingerprint density at radius 2 is 1.85 bits per heavy atom. The van der Waals surface area contributed by atoms with Gasteiger partial charge in [0.05, 0.1) is 0 Å². The highest BCUT2D eigenvalue weighted by Gasteiger charge is 2.00. The molecule has 1 aromatic rings. The first kappa shape index (κ1) is 11.5. The summed E-state index contributed by atoms with van der Waals surface area (Å²) in [5, 5.41) is 0. The topological polar surface area (TPSA) is 69.1 Å². The minimum absolute atomic E-state index is 0.448. The summed E-state index contributed by atoms with van der Waals surface area (Å²) in [5.41, 5.74) is 12.6. The van der Waals surface area contributed by atoms with E-state index in [0.717, 1.165) is 5.56 Å². The fourth-order valence-corrected chi connectivity index (χ4v) is 0.794. The number of nitrogens with two attached hydrogens (primary N) is 2. The van der Waals surface area contributed by atoms with E-state index in [0.29, 0.717) is 11.3 Å². The molecule has 72 valence electrons. The van der Waals surface area contributed by atoms with Gasteiger partial charge in [-0.15, -0.1) is 0 Å². The Bertz CT molecular complexity index is 295. The van der Waals surface area contributed by atoms with Gasteiger partial charge in [-0.1, -0.05) is 19.9 Å². The average Bonchev–Trinajstić information content (AvgIpc) is 2.13. The molecule has 1 rings (SSSR count). The van der Waals surface area contributed by atoms with E-state index < -0.39 is 5.91 Å². The van der Waals surface area contributed by atoms with E-state index in [1.54, 1.807) is 18.2 Å². The maximum absolute atomic E-state index is 10.6. The molecule has 0 bridgehead atoms. The van der Waals surface area contributed by atoms with Crippen molar-refractivity contribution in [3.05, 3.63) is 29.3 Å². The second kappa shape index (κ2) is 5.19. The Kier molecular flexibility index (Phi) is 4.59. The lowest BCUT2D eigenvalue weighted by Gasteiger charge is -2.00. The fourth-order valence-electron chi connectivity index (χ4n) is 0.794. The molecule has 0 saturated heterocycles. The average molecular weight is 180 g/mol. The van der Waals surface area contributed by atoms with E-state index in [2.05, 4.69) is 0 Å². The van der Waals surface area contributed by atoms with E-state index in [-0.39, 0.29) is 0 Å². The van der Waals surface area contributed by atoms with Crippen LogP contribution in [0.3, 0.4) is 0 Å². The summed E-state index contributed by atoms with van der Waals surface area (Å²) < 4.78 is 0. The Morgan fingerprint density at radius 3 is 2.23 bits per heavy atom. The number of carbonyl (C=O) groups is 1. The van der Waals surface area contributed by atoms with Crippen LogP contribution in [0.25, 0.3) is 0 Å². The molecule has 0 unspecified atom stereocenters. The molecule has 1 aromatic carbocycles. The molecule has 0 aliphatic rings. The van der Waals surface area contributed by atoms with E-state index in [9.17, 15) is 4.79 Å². The van der Waals surface area contributed by atoms with Gasteiger partial charge in [0.2, 0.25) is 5.91 Å². The minimum Gasteiger partial charge on any atom is -0.398 e. The molecule has 0 aliphatic heterocycles. The molecule has 0 spiro atoms. The molecular weight excluding hydrogens is 164 g/mol. The molecule has 3 nitrogen and oxygen atoms in total. The minimum atomic E-state index is -0.448. The number of hydrogen-bond acceptors (Lipinski definition) is 2. The van der Waals surface area contributed by atoms with Crippen molar-refractivity contribution < 1.29 is 4.79 Å². The molecule has 0 fully saturated rings. The first-order chi connectivity index (χ1) is 6.11. The van der Waals surface area contributed by atoms with Crippen LogP contribution in [-0.4, -0.2) is 5.91 Å².